The standard InChI is InChI=1S/C17H23N3S/c1-3-14-4-6-15(7-5-14)17-13(2)21-16(19-17)12-20-10-8-18-9-11-20/h4-7,18H,3,8-12H2,1-2H3. The van der Waals surface area contributed by atoms with Crippen LogP contribution in [0.15, 0.2) is 24.3 Å². The molecule has 0 aliphatic carbocycles. The summed E-state index contributed by atoms with van der Waals surface area (Å²) in [7, 11) is 0. The molecule has 1 aromatic heterocycles. The minimum absolute atomic E-state index is 0.986. The van der Waals surface area contributed by atoms with Gasteiger partial charge in [-0.2, -0.15) is 0 Å². The maximum absolute atomic E-state index is 4.89. The Kier molecular flexibility index (Phi) is 4.68. The third-order valence-electron chi connectivity index (χ3n) is 4.04. The molecule has 3 nitrogen and oxygen atoms in total. The Morgan fingerprint density at radius 3 is 2.57 bits per heavy atom. The average Bonchev–Trinajstić information content (AvgIpc) is 2.89. The van der Waals surface area contributed by atoms with Gasteiger partial charge in [0.05, 0.1) is 12.2 Å². The molecule has 2 heterocycles. The van der Waals surface area contributed by atoms with Gasteiger partial charge in [0.2, 0.25) is 0 Å². The Morgan fingerprint density at radius 1 is 1.19 bits per heavy atom. The second-order valence-electron chi connectivity index (χ2n) is 5.59. The summed E-state index contributed by atoms with van der Waals surface area (Å²) in [6.45, 7) is 9.79. The van der Waals surface area contributed by atoms with Gasteiger partial charge in [-0.1, -0.05) is 31.2 Å². The van der Waals surface area contributed by atoms with Crippen molar-refractivity contribution in [3.8, 4) is 11.3 Å². The molecule has 1 aromatic carbocycles. The molecule has 1 aliphatic heterocycles. The highest BCUT2D eigenvalue weighted by Gasteiger charge is 2.14. The van der Waals surface area contributed by atoms with E-state index in [0.717, 1.165) is 44.8 Å². The van der Waals surface area contributed by atoms with Gasteiger partial charge < -0.3 is 5.32 Å². The van der Waals surface area contributed by atoms with Crippen molar-refractivity contribution in [2.24, 2.45) is 0 Å². The van der Waals surface area contributed by atoms with E-state index < -0.39 is 0 Å². The first-order chi connectivity index (χ1) is 10.3. The number of nitrogens with one attached hydrogen (secondary N) is 1. The predicted molar refractivity (Wildman–Crippen MR) is 89.8 cm³/mol. The van der Waals surface area contributed by atoms with Crippen molar-refractivity contribution in [3.05, 3.63) is 39.7 Å². The summed E-state index contributed by atoms with van der Waals surface area (Å²) in [5, 5.41) is 4.63. The van der Waals surface area contributed by atoms with Crippen molar-refractivity contribution in [1.82, 2.24) is 15.2 Å². The maximum atomic E-state index is 4.89. The molecule has 0 saturated carbocycles. The van der Waals surface area contributed by atoms with Crippen molar-refractivity contribution in [1.29, 1.82) is 0 Å². The minimum Gasteiger partial charge on any atom is -0.314 e. The van der Waals surface area contributed by atoms with Gasteiger partial charge in [0.15, 0.2) is 0 Å². The van der Waals surface area contributed by atoms with Gasteiger partial charge in [-0.3, -0.25) is 4.90 Å². The molecule has 112 valence electrons. The first-order valence-corrected chi connectivity index (χ1v) is 8.56. The lowest BCUT2D eigenvalue weighted by Crippen LogP contribution is -2.42. The summed E-state index contributed by atoms with van der Waals surface area (Å²) in [4.78, 5) is 8.69. The van der Waals surface area contributed by atoms with Gasteiger partial charge in [-0.15, -0.1) is 11.3 Å². The quantitative estimate of drug-likeness (QED) is 0.940. The second kappa shape index (κ2) is 6.69. The summed E-state index contributed by atoms with van der Waals surface area (Å²) >= 11 is 1.84. The molecule has 0 atom stereocenters. The highest BCUT2D eigenvalue weighted by molar-refractivity contribution is 7.12. The van der Waals surface area contributed by atoms with E-state index in [-0.39, 0.29) is 0 Å². The van der Waals surface area contributed by atoms with Crippen molar-refractivity contribution < 1.29 is 0 Å². The van der Waals surface area contributed by atoms with Crippen LogP contribution >= 0.6 is 11.3 Å². The average molecular weight is 301 g/mol. The van der Waals surface area contributed by atoms with Crippen LogP contribution in [0.4, 0.5) is 0 Å². The van der Waals surface area contributed by atoms with E-state index in [9.17, 15) is 0 Å². The van der Waals surface area contributed by atoms with Crippen molar-refractivity contribution in [2.45, 2.75) is 26.8 Å². The molecule has 0 spiro atoms. The number of benzene rings is 1. The van der Waals surface area contributed by atoms with Crippen LogP contribution in [-0.4, -0.2) is 36.1 Å². The first-order valence-electron chi connectivity index (χ1n) is 7.75. The van der Waals surface area contributed by atoms with Gasteiger partial charge >= 0.3 is 0 Å². The minimum atomic E-state index is 0.986. The Bertz CT molecular complexity index is 583. The zero-order valence-electron chi connectivity index (χ0n) is 12.9. The van der Waals surface area contributed by atoms with E-state index >= 15 is 0 Å². The van der Waals surface area contributed by atoms with Crippen LogP contribution in [0, 0.1) is 6.92 Å². The molecule has 3 rings (SSSR count). The van der Waals surface area contributed by atoms with Crippen LogP contribution in [0.2, 0.25) is 0 Å². The Hall–Kier alpha value is -1.23. The normalized spacial score (nSPS) is 16.3. The third kappa shape index (κ3) is 3.51. The molecule has 21 heavy (non-hydrogen) atoms. The van der Waals surface area contributed by atoms with E-state index in [1.807, 2.05) is 11.3 Å². The molecular formula is C17H23N3S. The molecule has 1 saturated heterocycles. The van der Waals surface area contributed by atoms with E-state index in [1.165, 1.54) is 21.0 Å². The van der Waals surface area contributed by atoms with Crippen molar-refractivity contribution >= 4 is 11.3 Å². The molecule has 0 amide bonds. The molecule has 1 aliphatic rings. The summed E-state index contributed by atoms with van der Waals surface area (Å²) < 4.78 is 0. The number of hydrogen-bond acceptors (Lipinski definition) is 4. The summed E-state index contributed by atoms with van der Waals surface area (Å²) in [6.07, 6.45) is 1.09. The predicted octanol–water partition coefficient (Wildman–Crippen LogP) is 3.09. The number of rotatable bonds is 4. The number of aromatic nitrogens is 1. The number of aryl methyl sites for hydroxylation is 2. The van der Waals surface area contributed by atoms with Crippen LogP contribution in [0.3, 0.4) is 0 Å². The van der Waals surface area contributed by atoms with Crippen LogP contribution in [0.5, 0.6) is 0 Å². The summed E-state index contributed by atoms with van der Waals surface area (Å²) in [5.41, 5.74) is 3.79. The fourth-order valence-corrected chi connectivity index (χ4v) is 3.74. The molecule has 0 radical (unpaired) electrons. The lowest BCUT2D eigenvalue weighted by atomic mass is 10.1. The van der Waals surface area contributed by atoms with E-state index in [1.54, 1.807) is 0 Å². The van der Waals surface area contributed by atoms with Crippen LogP contribution in [-0.2, 0) is 13.0 Å². The molecule has 1 N–H and O–H groups in total. The SMILES string of the molecule is CCc1ccc(-c2nc(CN3CCNCC3)sc2C)cc1. The fourth-order valence-electron chi connectivity index (χ4n) is 2.75. The van der Waals surface area contributed by atoms with Crippen LogP contribution in [0.1, 0.15) is 22.4 Å². The molecule has 2 aromatic rings. The van der Waals surface area contributed by atoms with Gasteiger partial charge in [-0.25, -0.2) is 4.98 Å². The lowest BCUT2D eigenvalue weighted by Gasteiger charge is -2.26. The second-order valence-corrected chi connectivity index (χ2v) is 6.88. The van der Waals surface area contributed by atoms with Crippen LogP contribution in [0.25, 0.3) is 11.3 Å². The molecule has 0 unspecified atom stereocenters. The Morgan fingerprint density at radius 2 is 1.90 bits per heavy atom. The number of piperazine rings is 1. The fraction of sp³-hybridized carbons (Fsp3) is 0.471. The topological polar surface area (TPSA) is 28.2 Å². The number of thiazole rings is 1. The third-order valence-corrected chi connectivity index (χ3v) is 5.00. The molecule has 4 heteroatoms. The highest BCUT2D eigenvalue weighted by atomic mass is 32.1. The van der Waals surface area contributed by atoms with Crippen LogP contribution < -0.4 is 5.32 Å². The Labute approximate surface area is 131 Å². The highest BCUT2D eigenvalue weighted by Crippen LogP contribution is 2.28. The lowest BCUT2D eigenvalue weighted by molar-refractivity contribution is 0.233. The monoisotopic (exact) mass is 301 g/mol. The zero-order chi connectivity index (χ0) is 14.7. The molecule has 0 bridgehead atoms. The van der Waals surface area contributed by atoms with E-state index in [2.05, 4.69) is 48.3 Å². The molecular weight excluding hydrogens is 278 g/mol. The van der Waals surface area contributed by atoms with E-state index in [4.69, 9.17) is 4.98 Å². The number of hydrogen-bond donors (Lipinski definition) is 1. The number of nitrogens with zero attached hydrogens (tertiary/aromatic N) is 2. The van der Waals surface area contributed by atoms with Gasteiger partial charge in [0, 0.05) is 36.6 Å². The van der Waals surface area contributed by atoms with E-state index in [0.29, 0.717) is 0 Å². The van der Waals surface area contributed by atoms with Crippen molar-refractivity contribution in [3.63, 3.8) is 0 Å². The largest absolute Gasteiger partial charge is 0.314 e. The van der Waals surface area contributed by atoms with Crippen molar-refractivity contribution in [2.75, 3.05) is 26.2 Å². The smallest absolute Gasteiger partial charge is 0.108 e. The summed E-state index contributed by atoms with van der Waals surface area (Å²) in [6, 6.07) is 8.83. The summed E-state index contributed by atoms with van der Waals surface area (Å²) in [5.74, 6) is 0. The van der Waals surface area contributed by atoms with Gasteiger partial charge in [0.25, 0.3) is 0 Å². The molecule has 1 fully saturated rings. The maximum Gasteiger partial charge on any atom is 0.108 e. The van der Waals surface area contributed by atoms with Gasteiger partial charge in [0.1, 0.15) is 5.01 Å². The van der Waals surface area contributed by atoms with Gasteiger partial charge in [-0.05, 0) is 18.9 Å². The Balaban J connectivity index is 1.76. The zero-order valence-corrected chi connectivity index (χ0v) is 13.7. The first kappa shape index (κ1) is 14.7.